The van der Waals surface area contributed by atoms with Crippen molar-refractivity contribution in [1.82, 2.24) is 10.2 Å². The monoisotopic (exact) mass is 288 g/mol. The van der Waals surface area contributed by atoms with Crippen LogP contribution in [0, 0.1) is 5.92 Å². The van der Waals surface area contributed by atoms with Crippen molar-refractivity contribution in [2.75, 3.05) is 13.1 Å². The van der Waals surface area contributed by atoms with E-state index in [9.17, 15) is 4.79 Å². The Morgan fingerprint density at radius 1 is 1.19 bits per heavy atom. The van der Waals surface area contributed by atoms with Crippen molar-refractivity contribution in [2.45, 2.75) is 25.9 Å². The smallest absolute Gasteiger partial charge is 0.227 e. The van der Waals surface area contributed by atoms with E-state index in [1.165, 1.54) is 0 Å². The highest BCUT2D eigenvalue weighted by Crippen LogP contribution is 2.18. The number of nitrogens with one attached hydrogen (secondary N) is 1. The van der Waals surface area contributed by atoms with Gasteiger partial charge in [0, 0.05) is 6.54 Å². The number of hydrogen-bond donors (Lipinski definition) is 1. The molecule has 2 aromatic heterocycles. The van der Waals surface area contributed by atoms with E-state index >= 15 is 0 Å². The molecule has 2 aromatic rings. The van der Waals surface area contributed by atoms with Gasteiger partial charge in [0.1, 0.15) is 11.5 Å². The molecule has 3 heterocycles. The lowest BCUT2D eigenvalue weighted by atomic mass is 9.98. The minimum Gasteiger partial charge on any atom is -0.467 e. The molecule has 1 aliphatic rings. The molecule has 1 atom stereocenters. The Hall–Kier alpha value is -2.01. The van der Waals surface area contributed by atoms with Gasteiger partial charge in [-0.1, -0.05) is 0 Å². The first-order valence-corrected chi connectivity index (χ1v) is 7.37. The lowest BCUT2D eigenvalue weighted by molar-refractivity contribution is -0.137. The van der Waals surface area contributed by atoms with Crippen LogP contribution in [0.1, 0.15) is 24.4 Å². The van der Waals surface area contributed by atoms with E-state index < -0.39 is 0 Å². The average molecular weight is 288 g/mol. The van der Waals surface area contributed by atoms with Crippen LogP contribution in [0.2, 0.25) is 0 Å². The molecule has 21 heavy (non-hydrogen) atoms. The Labute approximate surface area is 123 Å². The van der Waals surface area contributed by atoms with Gasteiger partial charge in [-0.2, -0.15) is 0 Å². The molecular weight excluding hydrogens is 268 g/mol. The Morgan fingerprint density at radius 3 is 2.33 bits per heavy atom. The summed E-state index contributed by atoms with van der Waals surface area (Å²) in [5.74, 6) is 1.79. The molecule has 0 aromatic carbocycles. The molecular formula is C16H20N2O3. The van der Waals surface area contributed by atoms with Crippen LogP contribution in [0.4, 0.5) is 0 Å². The van der Waals surface area contributed by atoms with Gasteiger partial charge in [-0.15, -0.1) is 0 Å². The number of furan rings is 2. The van der Waals surface area contributed by atoms with Gasteiger partial charge in [0.2, 0.25) is 5.91 Å². The SMILES string of the molecule is O=C([C@@H]1CCCNC1)N(Cc1ccco1)Cc1ccco1. The van der Waals surface area contributed by atoms with Gasteiger partial charge in [0.25, 0.3) is 0 Å². The highest BCUT2D eigenvalue weighted by molar-refractivity contribution is 5.79. The van der Waals surface area contributed by atoms with Crippen molar-refractivity contribution < 1.29 is 13.6 Å². The van der Waals surface area contributed by atoms with Crippen molar-refractivity contribution >= 4 is 5.91 Å². The summed E-state index contributed by atoms with van der Waals surface area (Å²) >= 11 is 0. The molecule has 0 spiro atoms. The molecule has 0 radical (unpaired) electrons. The van der Waals surface area contributed by atoms with Gasteiger partial charge < -0.3 is 19.1 Å². The maximum atomic E-state index is 12.8. The quantitative estimate of drug-likeness (QED) is 0.918. The summed E-state index contributed by atoms with van der Waals surface area (Å²) in [5, 5.41) is 3.29. The van der Waals surface area contributed by atoms with Crippen LogP contribution in [-0.4, -0.2) is 23.9 Å². The van der Waals surface area contributed by atoms with Crippen molar-refractivity contribution in [2.24, 2.45) is 5.92 Å². The number of rotatable bonds is 5. The second kappa shape index (κ2) is 6.63. The minimum absolute atomic E-state index is 0.0451. The van der Waals surface area contributed by atoms with E-state index in [1.807, 2.05) is 29.2 Å². The van der Waals surface area contributed by atoms with Gasteiger partial charge in [-0.3, -0.25) is 4.79 Å². The van der Waals surface area contributed by atoms with Gasteiger partial charge >= 0.3 is 0 Å². The fraction of sp³-hybridized carbons (Fsp3) is 0.438. The number of amides is 1. The minimum atomic E-state index is 0.0451. The van der Waals surface area contributed by atoms with E-state index in [2.05, 4.69) is 5.32 Å². The van der Waals surface area contributed by atoms with E-state index in [4.69, 9.17) is 8.83 Å². The van der Waals surface area contributed by atoms with Crippen LogP contribution in [0.15, 0.2) is 45.6 Å². The molecule has 5 heteroatoms. The van der Waals surface area contributed by atoms with Crippen LogP contribution >= 0.6 is 0 Å². The third-order valence-corrected chi connectivity index (χ3v) is 3.81. The zero-order valence-electron chi connectivity index (χ0n) is 12.0. The van der Waals surface area contributed by atoms with Crippen LogP contribution in [-0.2, 0) is 17.9 Å². The van der Waals surface area contributed by atoms with E-state index in [-0.39, 0.29) is 11.8 Å². The predicted octanol–water partition coefficient (Wildman–Crippen LogP) is 2.40. The number of carbonyl (C=O) groups is 1. The zero-order chi connectivity index (χ0) is 14.5. The van der Waals surface area contributed by atoms with Crippen molar-refractivity contribution in [3.63, 3.8) is 0 Å². The molecule has 1 N–H and O–H groups in total. The van der Waals surface area contributed by atoms with Crippen LogP contribution in [0.5, 0.6) is 0 Å². The number of carbonyl (C=O) groups excluding carboxylic acids is 1. The number of piperidine rings is 1. The Bertz CT molecular complexity index is 506. The topological polar surface area (TPSA) is 58.6 Å². The van der Waals surface area contributed by atoms with E-state index in [0.717, 1.165) is 37.5 Å². The molecule has 0 bridgehead atoms. The van der Waals surface area contributed by atoms with Gasteiger partial charge in [0.05, 0.1) is 31.5 Å². The summed E-state index contributed by atoms with van der Waals surface area (Å²) in [4.78, 5) is 14.6. The third kappa shape index (κ3) is 3.55. The van der Waals surface area contributed by atoms with Gasteiger partial charge in [0.15, 0.2) is 0 Å². The zero-order valence-corrected chi connectivity index (χ0v) is 12.0. The standard InChI is InChI=1S/C16H20N2O3/c19-16(13-4-1-7-17-10-13)18(11-14-5-2-8-20-14)12-15-6-3-9-21-15/h2-3,5-6,8-9,13,17H,1,4,7,10-12H2/t13-/m1/s1. The largest absolute Gasteiger partial charge is 0.467 e. The van der Waals surface area contributed by atoms with Crippen molar-refractivity contribution in [3.8, 4) is 0 Å². The Kier molecular flexibility index (Phi) is 4.40. The molecule has 0 aliphatic carbocycles. The van der Waals surface area contributed by atoms with E-state index in [0.29, 0.717) is 13.1 Å². The van der Waals surface area contributed by atoms with Crippen molar-refractivity contribution in [3.05, 3.63) is 48.3 Å². The fourth-order valence-corrected chi connectivity index (χ4v) is 2.71. The summed E-state index contributed by atoms with van der Waals surface area (Å²) in [6, 6.07) is 7.46. The first-order chi connectivity index (χ1) is 10.3. The van der Waals surface area contributed by atoms with Crippen LogP contribution < -0.4 is 5.32 Å². The molecule has 112 valence electrons. The van der Waals surface area contributed by atoms with E-state index in [1.54, 1.807) is 12.5 Å². The van der Waals surface area contributed by atoms with Crippen LogP contribution in [0.3, 0.4) is 0 Å². The molecule has 1 fully saturated rings. The summed E-state index contributed by atoms with van der Waals surface area (Å²) in [5.41, 5.74) is 0. The Morgan fingerprint density at radius 2 is 1.86 bits per heavy atom. The van der Waals surface area contributed by atoms with Crippen LogP contribution in [0.25, 0.3) is 0 Å². The first kappa shape index (κ1) is 13.9. The molecule has 1 saturated heterocycles. The molecule has 3 rings (SSSR count). The normalized spacial score (nSPS) is 18.6. The maximum absolute atomic E-state index is 12.8. The maximum Gasteiger partial charge on any atom is 0.227 e. The average Bonchev–Trinajstić information content (AvgIpc) is 3.20. The summed E-state index contributed by atoms with van der Waals surface area (Å²) in [6.45, 7) is 2.71. The first-order valence-electron chi connectivity index (χ1n) is 7.37. The number of hydrogen-bond acceptors (Lipinski definition) is 4. The van der Waals surface area contributed by atoms with Gasteiger partial charge in [-0.25, -0.2) is 0 Å². The highest BCUT2D eigenvalue weighted by Gasteiger charge is 2.27. The van der Waals surface area contributed by atoms with Crippen molar-refractivity contribution in [1.29, 1.82) is 0 Å². The lowest BCUT2D eigenvalue weighted by Gasteiger charge is -2.28. The lowest BCUT2D eigenvalue weighted by Crippen LogP contribution is -2.42. The molecule has 0 saturated carbocycles. The number of nitrogens with zero attached hydrogens (tertiary/aromatic N) is 1. The summed E-state index contributed by atoms with van der Waals surface area (Å²) in [6.07, 6.45) is 5.25. The second-order valence-corrected chi connectivity index (χ2v) is 5.40. The molecule has 1 aliphatic heterocycles. The summed E-state index contributed by atoms with van der Waals surface area (Å²) < 4.78 is 10.8. The predicted molar refractivity (Wildman–Crippen MR) is 77.3 cm³/mol. The Balaban J connectivity index is 1.72. The van der Waals surface area contributed by atoms with Gasteiger partial charge in [-0.05, 0) is 43.7 Å². The molecule has 1 amide bonds. The fourth-order valence-electron chi connectivity index (χ4n) is 2.71. The third-order valence-electron chi connectivity index (χ3n) is 3.81. The molecule has 5 nitrogen and oxygen atoms in total. The summed E-state index contributed by atoms with van der Waals surface area (Å²) in [7, 11) is 0. The second-order valence-electron chi connectivity index (χ2n) is 5.40. The molecule has 0 unspecified atom stereocenters. The highest BCUT2D eigenvalue weighted by atomic mass is 16.3.